The minimum atomic E-state index is -0.513. The van der Waals surface area contributed by atoms with Crippen molar-refractivity contribution in [2.75, 3.05) is 23.9 Å². The predicted molar refractivity (Wildman–Crippen MR) is 93.3 cm³/mol. The third-order valence-electron chi connectivity index (χ3n) is 4.14. The molecule has 1 fully saturated rings. The molecule has 1 aliphatic rings. The number of amides is 2. The Morgan fingerprint density at radius 1 is 1.08 bits per heavy atom. The van der Waals surface area contributed by atoms with Gasteiger partial charge < -0.3 is 15.0 Å². The molecular formula is C19H18N2O4. The van der Waals surface area contributed by atoms with Crippen molar-refractivity contribution in [3.05, 3.63) is 60.2 Å². The van der Waals surface area contributed by atoms with Crippen molar-refractivity contribution in [1.82, 2.24) is 0 Å². The van der Waals surface area contributed by atoms with Crippen LogP contribution in [-0.2, 0) is 14.3 Å². The average molecular weight is 338 g/mol. The number of carbonyl (C=O) groups excluding carboxylic acids is 3. The summed E-state index contributed by atoms with van der Waals surface area (Å²) >= 11 is 0. The Balaban J connectivity index is 1.77. The molecule has 6 nitrogen and oxygen atoms in total. The van der Waals surface area contributed by atoms with Crippen LogP contribution >= 0.6 is 0 Å². The maximum absolute atomic E-state index is 12.4. The molecule has 0 spiro atoms. The number of methoxy groups -OCH3 is 1. The second-order valence-corrected chi connectivity index (χ2v) is 5.77. The van der Waals surface area contributed by atoms with Crippen molar-refractivity contribution in [2.45, 2.75) is 6.42 Å². The number of nitrogens with zero attached hydrogens (tertiary/aromatic N) is 1. The standard InChI is InChI=1S/C19H18N2O4/c1-25-19(24)15-9-5-6-10-16(15)21-12-13(11-17(21)22)18(23)20-14-7-3-2-4-8-14/h2-10,13H,11-12H2,1H3,(H,20,23). The minimum absolute atomic E-state index is 0.105. The summed E-state index contributed by atoms with van der Waals surface area (Å²) in [5, 5.41) is 2.82. The normalized spacial score (nSPS) is 16.6. The lowest BCUT2D eigenvalue weighted by atomic mass is 10.1. The highest BCUT2D eigenvalue weighted by Crippen LogP contribution is 2.29. The van der Waals surface area contributed by atoms with Gasteiger partial charge in [0.25, 0.3) is 0 Å². The lowest BCUT2D eigenvalue weighted by Crippen LogP contribution is -2.29. The van der Waals surface area contributed by atoms with Gasteiger partial charge in [0.05, 0.1) is 24.3 Å². The summed E-state index contributed by atoms with van der Waals surface area (Å²) in [7, 11) is 1.29. The first-order valence-electron chi connectivity index (χ1n) is 7.93. The zero-order valence-corrected chi connectivity index (χ0v) is 13.8. The van der Waals surface area contributed by atoms with Crippen molar-refractivity contribution in [1.29, 1.82) is 0 Å². The Morgan fingerprint density at radius 2 is 1.76 bits per heavy atom. The number of hydrogen-bond donors (Lipinski definition) is 1. The fraction of sp³-hybridized carbons (Fsp3) is 0.211. The number of benzene rings is 2. The van der Waals surface area contributed by atoms with Gasteiger partial charge in [0, 0.05) is 18.7 Å². The molecule has 1 unspecified atom stereocenters. The van der Waals surface area contributed by atoms with Gasteiger partial charge in [0.15, 0.2) is 0 Å². The molecule has 0 radical (unpaired) electrons. The fourth-order valence-corrected chi connectivity index (χ4v) is 2.87. The average Bonchev–Trinajstić information content (AvgIpc) is 3.03. The molecule has 1 atom stereocenters. The van der Waals surface area contributed by atoms with E-state index in [4.69, 9.17) is 4.74 Å². The van der Waals surface area contributed by atoms with Gasteiger partial charge in [-0.2, -0.15) is 0 Å². The number of para-hydroxylation sites is 2. The first-order valence-corrected chi connectivity index (χ1v) is 7.93. The van der Waals surface area contributed by atoms with Crippen LogP contribution in [0, 0.1) is 5.92 Å². The van der Waals surface area contributed by atoms with E-state index in [9.17, 15) is 14.4 Å². The largest absolute Gasteiger partial charge is 0.465 e. The molecule has 2 aromatic rings. The number of hydrogen-bond acceptors (Lipinski definition) is 4. The SMILES string of the molecule is COC(=O)c1ccccc1N1CC(C(=O)Nc2ccccc2)CC1=O. The third kappa shape index (κ3) is 3.52. The van der Waals surface area contributed by atoms with Crippen LogP contribution in [-0.4, -0.2) is 31.4 Å². The summed E-state index contributed by atoms with van der Waals surface area (Å²) in [6.07, 6.45) is 0.105. The van der Waals surface area contributed by atoms with Crippen LogP contribution in [0.3, 0.4) is 0 Å². The maximum atomic E-state index is 12.4. The van der Waals surface area contributed by atoms with Gasteiger partial charge in [-0.1, -0.05) is 30.3 Å². The van der Waals surface area contributed by atoms with Gasteiger partial charge in [0.1, 0.15) is 0 Å². The Bertz CT molecular complexity index is 804. The van der Waals surface area contributed by atoms with Gasteiger partial charge in [-0.3, -0.25) is 9.59 Å². The Kier molecular flexibility index (Phi) is 4.79. The van der Waals surface area contributed by atoms with Gasteiger partial charge in [-0.25, -0.2) is 4.79 Å². The van der Waals surface area contributed by atoms with E-state index in [2.05, 4.69) is 5.32 Å². The van der Waals surface area contributed by atoms with E-state index in [1.54, 1.807) is 36.4 Å². The van der Waals surface area contributed by atoms with Crippen LogP contribution in [0.2, 0.25) is 0 Å². The van der Waals surface area contributed by atoms with Gasteiger partial charge >= 0.3 is 5.97 Å². The van der Waals surface area contributed by atoms with E-state index in [1.807, 2.05) is 18.2 Å². The van der Waals surface area contributed by atoms with Crippen molar-refractivity contribution >= 4 is 29.2 Å². The lowest BCUT2D eigenvalue weighted by Gasteiger charge is -2.19. The van der Waals surface area contributed by atoms with Gasteiger partial charge in [-0.05, 0) is 24.3 Å². The molecule has 0 saturated carbocycles. The van der Waals surface area contributed by atoms with Crippen LogP contribution < -0.4 is 10.2 Å². The highest BCUT2D eigenvalue weighted by Gasteiger charge is 2.36. The van der Waals surface area contributed by atoms with Crippen LogP contribution in [0.4, 0.5) is 11.4 Å². The summed E-state index contributed by atoms with van der Waals surface area (Å²) in [5.74, 6) is -1.39. The number of anilines is 2. The van der Waals surface area contributed by atoms with Gasteiger partial charge in [0.2, 0.25) is 11.8 Å². The maximum Gasteiger partial charge on any atom is 0.339 e. The van der Waals surface area contributed by atoms with Crippen LogP contribution in [0.5, 0.6) is 0 Å². The second kappa shape index (κ2) is 7.17. The van der Waals surface area contributed by atoms with Crippen molar-refractivity contribution in [3.8, 4) is 0 Å². The highest BCUT2D eigenvalue weighted by atomic mass is 16.5. The van der Waals surface area contributed by atoms with Crippen molar-refractivity contribution in [3.63, 3.8) is 0 Å². The molecule has 0 bridgehead atoms. The lowest BCUT2D eigenvalue weighted by molar-refractivity contribution is -0.122. The molecule has 25 heavy (non-hydrogen) atoms. The predicted octanol–water partition coefficient (Wildman–Crippen LogP) is 2.46. The molecule has 1 N–H and O–H groups in total. The Hall–Kier alpha value is -3.15. The molecule has 0 aliphatic carbocycles. The second-order valence-electron chi connectivity index (χ2n) is 5.77. The summed E-state index contributed by atoms with van der Waals surface area (Å²) in [4.78, 5) is 38.2. The summed E-state index contributed by atoms with van der Waals surface area (Å²) in [5.41, 5.74) is 1.46. The zero-order chi connectivity index (χ0) is 17.8. The molecule has 6 heteroatoms. The number of esters is 1. The quantitative estimate of drug-likeness (QED) is 0.869. The first-order chi connectivity index (χ1) is 12.1. The Labute approximate surface area is 145 Å². The number of ether oxygens (including phenoxy) is 1. The summed E-state index contributed by atoms with van der Waals surface area (Å²) < 4.78 is 4.77. The van der Waals surface area contributed by atoms with E-state index < -0.39 is 11.9 Å². The van der Waals surface area contributed by atoms with Crippen molar-refractivity contribution in [2.24, 2.45) is 5.92 Å². The summed E-state index contributed by atoms with van der Waals surface area (Å²) in [6, 6.07) is 15.8. The van der Waals surface area contributed by atoms with E-state index >= 15 is 0 Å². The minimum Gasteiger partial charge on any atom is -0.465 e. The van der Waals surface area contributed by atoms with Gasteiger partial charge in [-0.15, -0.1) is 0 Å². The highest BCUT2D eigenvalue weighted by molar-refractivity contribution is 6.07. The molecule has 128 valence electrons. The molecule has 1 aliphatic heterocycles. The fourth-order valence-electron chi connectivity index (χ4n) is 2.87. The Morgan fingerprint density at radius 3 is 2.48 bits per heavy atom. The van der Waals surface area contributed by atoms with Crippen molar-refractivity contribution < 1.29 is 19.1 Å². The number of rotatable bonds is 4. The molecular weight excluding hydrogens is 320 g/mol. The van der Waals surface area contributed by atoms with Crippen LogP contribution in [0.1, 0.15) is 16.8 Å². The zero-order valence-electron chi connectivity index (χ0n) is 13.8. The topological polar surface area (TPSA) is 75.7 Å². The molecule has 1 saturated heterocycles. The van der Waals surface area contributed by atoms with E-state index in [1.165, 1.54) is 12.0 Å². The first kappa shape index (κ1) is 16.7. The summed E-state index contributed by atoms with van der Waals surface area (Å²) in [6.45, 7) is 0.228. The number of nitrogens with one attached hydrogen (secondary N) is 1. The number of carbonyl (C=O) groups is 3. The molecule has 0 aromatic heterocycles. The van der Waals surface area contributed by atoms with E-state index in [0.29, 0.717) is 16.9 Å². The molecule has 3 rings (SSSR count). The monoisotopic (exact) mass is 338 g/mol. The molecule has 2 aromatic carbocycles. The van der Waals surface area contributed by atoms with E-state index in [0.717, 1.165) is 0 Å². The molecule has 1 heterocycles. The third-order valence-corrected chi connectivity index (χ3v) is 4.14. The van der Waals surface area contributed by atoms with Crippen LogP contribution in [0.15, 0.2) is 54.6 Å². The van der Waals surface area contributed by atoms with Crippen LogP contribution in [0.25, 0.3) is 0 Å². The smallest absolute Gasteiger partial charge is 0.339 e. The van der Waals surface area contributed by atoms with E-state index in [-0.39, 0.29) is 24.8 Å². The molecule has 2 amide bonds.